The zero-order valence-electron chi connectivity index (χ0n) is 8.34. The molecule has 1 aromatic heterocycles. The van der Waals surface area contributed by atoms with Crippen molar-refractivity contribution >= 4 is 21.8 Å². The first kappa shape index (κ1) is 14.1. The maximum atomic E-state index is 12.1. The third-order valence-electron chi connectivity index (χ3n) is 1.50. The summed E-state index contributed by atoms with van der Waals surface area (Å²) in [7, 11) is -5.96. The lowest BCUT2D eigenvalue weighted by Crippen LogP contribution is -2.25. The average molecular weight is 286 g/mol. The van der Waals surface area contributed by atoms with E-state index in [0.29, 0.717) is 0 Å². The van der Waals surface area contributed by atoms with Crippen molar-refractivity contribution in [3.63, 3.8) is 0 Å². The molecule has 100 valence electrons. The van der Waals surface area contributed by atoms with Gasteiger partial charge in [-0.25, -0.2) is 4.79 Å². The highest BCUT2D eigenvalue weighted by Gasteiger charge is 2.49. The van der Waals surface area contributed by atoms with Crippen molar-refractivity contribution in [2.75, 3.05) is 0 Å². The zero-order chi connectivity index (χ0) is 14.0. The van der Waals surface area contributed by atoms with Gasteiger partial charge in [-0.1, -0.05) is 0 Å². The van der Waals surface area contributed by atoms with Gasteiger partial charge in [0, 0.05) is 0 Å². The Bertz CT molecular complexity index is 554. The maximum absolute atomic E-state index is 12.1. The van der Waals surface area contributed by atoms with E-state index in [0.717, 1.165) is 12.3 Å². The summed E-state index contributed by atoms with van der Waals surface area (Å²) in [6, 6.07) is 2.26. The highest BCUT2D eigenvalue weighted by Crippen LogP contribution is 2.29. The Morgan fingerprint density at radius 3 is 2.44 bits per heavy atom. The summed E-state index contributed by atoms with van der Waals surface area (Å²) in [5.74, 6) is -3.24. The smallest absolute Gasteiger partial charge is 0.478 e. The Balaban J connectivity index is 3.14. The molecule has 0 aromatic carbocycles. The number of alkyl halides is 3. The van der Waals surface area contributed by atoms with Crippen LogP contribution in [0.1, 0.15) is 5.76 Å². The van der Waals surface area contributed by atoms with Crippen LogP contribution in [-0.4, -0.2) is 25.0 Å². The predicted molar refractivity (Wildman–Crippen MR) is 50.4 cm³/mol. The minimum absolute atomic E-state index is 0.141. The first-order valence-electron chi connectivity index (χ1n) is 4.13. The molecule has 0 aliphatic rings. The van der Waals surface area contributed by atoms with Crippen LogP contribution in [0, 0.1) is 0 Å². The van der Waals surface area contributed by atoms with Crippen molar-refractivity contribution in [2.45, 2.75) is 5.51 Å². The fraction of sp³-hybridized carbons (Fsp3) is 0.125. The van der Waals surface area contributed by atoms with Gasteiger partial charge in [-0.15, -0.1) is 0 Å². The first-order chi connectivity index (χ1) is 8.13. The van der Waals surface area contributed by atoms with Crippen LogP contribution in [0.4, 0.5) is 13.2 Å². The lowest BCUT2D eigenvalue weighted by atomic mass is 10.3. The van der Waals surface area contributed by atoms with Crippen molar-refractivity contribution in [2.24, 2.45) is 0 Å². The highest BCUT2D eigenvalue weighted by atomic mass is 32.2. The Morgan fingerprint density at radius 1 is 1.44 bits per heavy atom. The quantitative estimate of drug-likeness (QED) is 0.391. The number of aliphatic carboxylic acids is 1. The molecule has 0 saturated carbocycles. The zero-order valence-corrected chi connectivity index (χ0v) is 9.16. The number of halogens is 3. The average Bonchev–Trinajstić information content (AvgIpc) is 2.65. The van der Waals surface area contributed by atoms with Crippen molar-refractivity contribution in [1.29, 1.82) is 0 Å². The van der Waals surface area contributed by atoms with Gasteiger partial charge in [-0.2, -0.15) is 21.6 Å². The summed E-state index contributed by atoms with van der Waals surface area (Å²) in [5.41, 5.74) is -5.67. The largest absolute Gasteiger partial charge is 0.534 e. The van der Waals surface area contributed by atoms with Gasteiger partial charge in [0.15, 0.2) is 11.5 Å². The molecule has 1 rings (SSSR count). The fourth-order valence-electron chi connectivity index (χ4n) is 0.833. The second-order valence-electron chi connectivity index (χ2n) is 2.81. The highest BCUT2D eigenvalue weighted by molar-refractivity contribution is 7.87. The van der Waals surface area contributed by atoms with E-state index in [2.05, 4.69) is 8.60 Å². The fourth-order valence-corrected chi connectivity index (χ4v) is 1.29. The standard InChI is InChI=1S/C8H5F3O6S/c9-8(10,11)18(14,15)17-6(4-7(12)13)5-2-1-3-16-5/h1-4H,(H,12,13)/b6-4-. The number of carboxylic acid groups (broad SMARTS) is 1. The van der Waals surface area contributed by atoms with Gasteiger partial charge in [0.25, 0.3) is 0 Å². The Hall–Kier alpha value is -1.97. The van der Waals surface area contributed by atoms with Crippen LogP contribution >= 0.6 is 0 Å². The molecule has 0 radical (unpaired) electrons. The molecule has 18 heavy (non-hydrogen) atoms. The van der Waals surface area contributed by atoms with Gasteiger partial charge < -0.3 is 13.7 Å². The molecule has 0 bridgehead atoms. The SMILES string of the molecule is O=C(O)/C=C(\OS(=O)(=O)C(F)(F)F)c1ccco1. The van der Waals surface area contributed by atoms with Crippen molar-refractivity contribution in [3.8, 4) is 0 Å². The number of hydrogen-bond donors (Lipinski definition) is 1. The summed E-state index contributed by atoms with van der Waals surface area (Å²) in [6.07, 6.45) is 1.15. The molecule has 0 saturated heterocycles. The molecule has 10 heteroatoms. The van der Waals surface area contributed by atoms with Crippen molar-refractivity contribution in [1.82, 2.24) is 0 Å². The summed E-state index contributed by atoms with van der Waals surface area (Å²) in [5, 5.41) is 8.41. The van der Waals surface area contributed by atoms with Gasteiger partial charge >= 0.3 is 21.6 Å². The number of rotatable bonds is 4. The molecule has 0 amide bonds. The summed E-state index contributed by atoms with van der Waals surface area (Å²) in [4.78, 5) is 10.4. The van der Waals surface area contributed by atoms with E-state index in [-0.39, 0.29) is 6.08 Å². The normalized spacial score (nSPS) is 13.4. The molecule has 0 fully saturated rings. The second-order valence-corrected chi connectivity index (χ2v) is 4.35. The number of hydrogen-bond acceptors (Lipinski definition) is 5. The lowest BCUT2D eigenvalue weighted by molar-refractivity contribution is -0.131. The van der Waals surface area contributed by atoms with Gasteiger partial charge in [0.05, 0.1) is 12.3 Å². The van der Waals surface area contributed by atoms with Gasteiger partial charge in [-0.3, -0.25) is 0 Å². The van der Waals surface area contributed by atoms with Crippen LogP contribution in [0.15, 0.2) is 28.9 Å². The monoisotopic (exact) mass is 286 g/mol. The Labute approximate surface area is 98.4 Å². The third kappa shape index (κ3) is 3.26. The van der Waals surface area contributed by atoms with Gasteiger partial charge in [-0.05, 0) is 12.1 Å². The molecule has 6 nitrogen and oxygen atoms in total. The Kier molecular flexibility index (Phi) is 3.70. The van der Waals surface area contributed by atoms with Crippen LogP contribution < -0.4 is 0 Å². The summed E-state index contributed by atoms with van der Waals surface area (Å²) in [6.45, 7) is 0. The molecule has 1 heterocycles. The molecule has 0 unspecified atom stereocenters. The van der Waals surface area contributed by atoms with Crippen LogP contribution in [-0.2, 0) is 19.1 Å². The molecular formula is C8H5F3O6S. The molecular weight excluding hydrogens is 281 g/mol. The predicted octanol–water partition coefficient (Wildman–Crippen LogP) is 1.57. The first-order valence-corrected chi connectivity index (χ1v) is 5.53. The van der Waals surface area contributed by atoms with Crippen LogP contribution in [0.5, 0.6) is 0 Å². The van der Waals surface area contributed by atoms with Crippen molar-refractivity contribution < 1.29 is 40.1 Å². The number of carboxylic acids is 1. The van der Waals surface area contributed by atoms with E-state index in [1.807, 2.05) is 0 Å². The third-order valence-corrected chi connectivity index (χ3v) is 2.47. The van der Waals surface area contributed by atoms with E-state index in [9.17, 15) is 26.4 Å². The Morgan fingerprint density at radius 2 is 2.06 bits per heavy atom. The molecule has 1 aromatic rings. The van der Waals surface area contributed by atoms with E-state index in [1.54, 1.807) is 0 Å². The van der Waals surface area contributed by atoms with Crippen LogP contribution in [0.25, 0.3) is 5.76 Å². The van der Waals surface area contributed by atoms with E-state index in [4.69, 9.17) is 5.11 Å². The van der Waals surface area contributed by atoms with Gasteiger partial charge in [0.2, 0.25) is 0 Å². The molecule has 0 aliphatic heterocycles. The van der Waals surface area contributed by atoms with E-state index >= 15 is 0 Å². The maximum Gasteiger partial charge on any atom is 0.534 e. The van der Waals surface area contributed by atoms with E-state index < -0.39 is 33.1 Å². The number of carbonyl (C=O) groups is 1. The second kappa shape index (κ2) is 4.72. The minimum Gasteiger partial charge on any atom is -0.478 e. The molecule has 0 aliphatic carbocycles. The minimum atomic E-state index is -5.96. The topological polar surface area (TPSA) is 93.8 Å². The summed E-state index contributed by atoms with van der Waals surface area (Å²) < 4.78 is 65.9. The van der Waals surface area contributed by atoms with Gasteiger partial charge in [0.1, 0.15) is 0 Å². The summed E-state index contributed by atoms with van der Waals surface area (Å²) >= 11 is 0. The molecule has 0 atom stereocenters. The molecule has 1 N–H and O–H groups in total. The van der Waals surface area contributed by atoms with Crippen LogP contribution in [0.3, 0.4) is 0 Å². The van der Waals surface area contributed by atoms with Crippen molar-refractivity contribution in [3.05, 3.63) is 30.2 Å². The van der Waals surface area contributed by atoms with E-state index in [1.165, 1.54) is 6.07 Å². The molecule has 0 spiro atoms. The van der Waals surface area contributed by atoms with Crippen LogP contribution in [0.2, 0.25) is 0 Å². The lowest BCUT2D eigenvalue weighted by Gasteiger charge is -2.10. The number of furan rings is 1.